The third-order valence-electron chi connectivity index (χ3n) is 0.0408. The van der Waals surface area contributed by atoms with Gasteiger partial charge in [0.2, 0.25) is 0 Å². The molecule has 2 nitrogen and oxygen atoms in total. The number of hydrogen-bond donors (Lipinski definition) is 0. The Kier molecular flexibility index (Phi) is 3.30. The fraction of sp³-hybridized carbons (Fsp3) is 0. The zero-order chi connectivity index (χ0) is 3.41. The molecule has 0 aliphatic heterocycles. The van der Waals surface area contributed by atoms with E-state index in [-0.39, 0.29) is 0 Å². The van der Waals surface area contributed by atoms with Gasteiger partial charge in [-0.3, -0.25) is 0 Å². The quantitative estimate of drug-likeness (QED) is 0.264. The summed E-state index contributed by atoms with van der Waals surface area (Å²) in [5, 5.41) is 0. The van der Waals surface area contributed by atoms with Gasteiger partial charge in [0.25, 0.3) is 0 Å². The van der Waals surface area contributed by atoms with Crippen molar-refractivity contribution >= 4 is 28.6 Å². The van der Waals surface area contributed by atoms with Gasteiger partial charge in [-0.05, 0) is 0 Å². The van der Waals surface area contributed by atoms with Gasteiger partial charge in [-0.2, -0.15) is 0 Å². The van der Waals surface area contributed by atoms with Gasteiger partial charge >= 0.3 is 36.7 Å². The van der Waals surface area contributed by atoms with E-state index in [1.165, 1.54) is 6.08 Å². The molecule has 0 saturated heterocycles. The SMILES string of the molecule is O=C=N[TeH]. The molecule has 0 fully saturated rings. The van der Waals surface area contributed by atoms with E-state index >= 15 is 0 Å². The molecular formula is CHNOTe. The first-order chi connectivity index (χ1) is 1.91. The molecule has 4 heavy (non-hydrogen) atoms. The molecule has 0 N–H and O–H groups in total. The Morgan fingerprint density at radius 2 is 2.25 bits per heavy atom. The predicted molar refractivity (Wildman–Crippen MR) is 15.3 cm³/mol. The number of hydrogen-bond acceptors (Lipinski definition) is 2. The number of rotatable bonds is 0. The second-order valence-corrected chi connectivity index (χ2v) is 0.762. The Balaban J connectivity index is 3.11. The summed E-state index contributed by atoms with van der Waals surface area (Å²) >= 11 is 1.10. The van der Waals surface area contributed by atoms with Gasteiger partial charge in [-0.1, -0.05) is 0 Å². The van der Waals surface area contributed by atoms with Crippen LogP contribution >= 0.6 is 0 Å². The van der Waals surface area contributed by atoms with Crippen LogP contribution in [0, 0.1) is 0 Å². The van der Waals surface area contributed by atoms with Crippen LogP contribution in [-0.2, 0) is 4.79 Å². The molecule has 0 aromatic carbocycles. The fourth-order valence-electron chi connectivity index (χ4n) is 0. The molecule has 0 spiro atoms. The normalized spacial score (nSPS) is 4.25. The van der Waals surface area contributed by atoms with E-state index in [9.17, 15) is 0 Å². The molecule has 0 bridgehead atoms. The summed E-state index contributed by atoms with van der Waals surface area (Å²) in [6, 6.07) is 0. The molecule has 0 atom stereocenters. The topological polar surface area (TPSA) is 29.4 Å². The molecule has 0 amide bonds. The van der Waals surface area contributed by atoms with E-state index in [2.05, 4.69) is 3.24 Å². The van der Waals surface area contributed by atoms with Crippen molar-refractivity contribution in [2.24, 2.45) is 3.24 Å². The molecule has 0 aromatic heterocycles. The van der Waals surface area contributed by atoms with E-state index in [0.717, 1.165) is 22.6 Å². The van der Waals surface area contributed by atoms with Gasteiger partial charge in [0.1, 0.15) is 0 Å². The summed E-state index contributed by atoms with van der Waals surface area (Å²) < 4.78 is 2.98. The van der Waals surface area contributed by atoms with Crippen LogP contribution in [0.15, 0.2) is 3.24 Å². The Morgan fingerprint density at radius 3 is 2.25 bits per heavy atom. The standard InChI is InChI=1S/CHNOTe/c3-1-2-4/h4H. The summed E-state index contributed by atoms with van der Waals surface area (Å²) in [7, 11) is 0. The molecule has 0 unspecified atom stereocenters. The van der Waals surface area contributed by atoms with Crippen LogP contribution in [0.1, 0.15) is 0 Å². The fourth-order valence-corrected chi connectivity index (χ4v) is 0. The average molecular weight is 171 g/mol. The van der Waals surface area contributed by atoms with Crippen molar-refractivity contribution in [2.75, 3.05) is 0 Å². The van der Waals surface area contributed by atoms with Crippen LogP contribution in [0.3, 0.4) is 0 Å². The zero-order valence-corrected chi connectivity index (χ0v) is 4.36. The summed E-state index contributed by atoms with van der Waals surface area (Å²) in [5.74, 6) is 0. The van der Waals surface area contributed by atoms with Gasteiger partial charge < -0.3 is 0 Å². The van der Waals surface area contributed by atoms with Gasteiger partial charge in [-0.15, -0.1) is 0 Å². The second-order valence-electron chi connectivity index (χ2n) is 0.191. The Bertz CT molecular complexity index is 46.0. The third-order valence-corrected chi connectivity index (χ3v) is 0.274. The molecular weight excluding hydrogens is 170 g/mol. The van der Waals surface area contributed by atoms with Crippen LogP contribution in [0.2, 0.25) is 0 Å². The van der Waals surface area contributed by atoms with E-state index in [0.29, 0.717) is 0 Å². The van der Waals surface area contributed by atoms with Crippen LogP contribution < -0.4 is 0 Å². The molecule has 0 rings (SSSR count). The van der Waals surface area contributed by atoms with Crippen molar-refractivity contribution < 1.29 is 4.79 Å². The molecule has 3 heteroatoms. The van der Waals surface area contributed by atoms with Crippen molar-refractivity contribution in [1.82, 2.24) is 0 Å². The Morgan fingerprint density at radius 1 is 2.00 bits per heavy atom. The number of isocyanates is 1. The summed E-state index contributed by atoms with van der Waals surface area (Å²) in [4.78, 5) is 8.89. The average Bonchev–Trinajstić information content (AvgIpc) is 1.37. The van der Waals surface area contributed by atoms with Crippen molar-refractivity contribution in [3.63, 3.8) is 0 Å². The minimum absolute atomic E-state index is 1.10. The van der Waals surface area contributed by atoms with E-state index in [4.69, 9.17) is 4.79 Å². The van der Waals surface area contributed by atoms with E-state index in [1.807, 2.05) is 0 Å². The first-order valence-corrected chi connectivity index (χ1v) is 1.77. The predicted octanol–water partition coefficient (Wildman–Crippen LogP) is -0.862. The molecule has 0 radical (unpaired) electrons. The number of nitrogens with zero attached hydrogens (tertiary/aromatic N) is 1. The van der Waals surface area contributed by atoms with Crippen LogP contribution in [0.5, 0.6) is 0 Å². The third kappa shape index (κ3) is 2.17. The minimum atomic E-state index is 1.10. The Hall–Kier alpha value is 0.170. The van der Waals surface area contributed by atoms with Crippen LogP contribution in [0.25, 0.3) is 0 Å². The van der Waals surface area contributed by atoms with Gasteiger partial charge in [-0.25, -0.2) is 0 Å². The van der Waals surface area contributed by atoms with Crippen molar-refractivity contribution in [3.8, 4) is 0 Å². The first-order valence-electron chi connectivity index (χ1n) is 0.628. The molecule has 0 aliphatic carbocycles. The van der Waals surface area contributed by atoms with Gasteiger partial charge in [0.05, 0.1) is 0 Å². The summed E-state index contributed by atoms with van der Waals surface area (Å²) in [5.41, 5.74) is 0. The zero-order valence-electron chi connectivity index (χ0n) is 1.80. The monoisotopic (exact) mass is 173 g/mol. The number of carbonyl (C=O) groups excluding carboxylic acids is 1. The second kappa shape index (κ2) is 3.17. The molecule has 22 valence electrons. The first kappa shape index (κ1) is 4.17. The van der Waals surface area contributed by atoms with Gasteiger partial charge in [0, 0.05) is 0 Å². The molecule has 0 aliphatic rings. The molecule has 0 saturated carbocycles. The van der Waals surface area contributed by atoms with E-state index < -0.39 is 0 Å². The molecule has 0 aromatic rings. The van der Waals surface area contributed by atoms with Crippen molar-refractivity contribution in [2.45, 2.75) is 0 Å². The van der Waals surface area contributed by atoms with Crippen LogP contribution in [-0.4, -0.2) is 28.6 Å². The van der Waals surface area contributed by atoms with Crippen molar-refractivity contribution in [1.29, 1.82) is 0 Å². The van der Waals surface area contributed by atoms with Crippen molar-refractivity contribution in [3.05, 3.63) is 0 Å². The summed E-state index contributed by atoms with van der Waals surface area (Å²) in [6.45, 7) is 0. The maximum absolute atomic E-state index is 8.89. The maximum atomic E-state index is 8.89. The van der Waals surface area contributed by atoms with Gasteiger partial charge in [0.15, 0.2) is 0 Å². The molecule has 0 heterocycles. The van der Waals surface area contributed by atoms with E-state index in [1.54, 1.807) is 0 Å². The van der Waals surface area contributed by atoms with Crippen LogP contribution in [0.4, 0.5) is 0 Å². The Labute approximate surface area is 37.2 Å². The summed E-state index contributed by atoms with van der Waals surface area (Å²) in [6.07, 6.45) is 1.33.